The molecule has 126 valence electrons. The molecule has 5 nitrogen and oxygen atoms in total. The highest BCUT2D eigenvalue weighted by molar-refractivity contribution is 5.82. The maximum Gasteiger partial charge on any atom is 0.133 e. The van der Waals surface area contributed by atoms with Gasteiger partial charge >= 0.3 is 0 Å². The molecule has 1 aromatic heterocycles. The lowest BCUT2D eigenvalue weighted by atomic mass is 10.2. The highest BCUT2D eigenvalue weighted by Gasteiger charge is 2.10. The molecule has 1 aromatic carbocycles. The number of benzene rings is 1. The quantitative estimate of drug-likeness (QED) is 0.825. The van der Waals surface area contributed by atoms with Crippen molar-refractivity contribution in [2.45, 2.75) is 26.7 Å². The van der Waals surface area contributed by atoms with E-state index >= 15 is 0 Å². The number of aromatic nitrogens is 2. The second-order valence-corrected chi connectivity index (χ2v) is 6.07. The molecule has 2 rings (SSSR count). The standard InChI is InChI=1S/C19H25N5/c1-14(2)19-22-15(3)10-18(23-19)24(4)13-16(11-20)12-21-17-8-6-5-7-9-17/h5-12,14H,13,20H2,1-4H3. The second kappa shape index (κ2) is 8.24. The SMILES string of the molecule is Cc1cc(N(C)CC(C=Nc2ccccc2)=CN)nc(C(C)C)n1. The summed E-state index contributed by atoms with van der Waals surface area (Å²) in [4.78, 5) is 15.6. The third-order valence-corrected chi connectivity index (χ3v) is 3.53. The van der Waals surface area contributed by atoms with E-state index in [1.165, 1.54) is 0 Å². The van der Waals surface area contributed by atoms with Gasteiger partial charge in [-0.15, -0.1) is 0 Å². The van der Waals surface area contributed by atoms with E-state index in [9.17, 15) is 0 Å². The molecular weight excluding hydrogens is 298 g/mol. The molecule has 0 bridgehead atoms. The fourth-order valence-corrected chi connectivity index (χ4v) is 2.19. The summed E-state index contributed by atoms with van der Waals surface area (Å²) in [6.45, 7) is 6.80. The smallest absolute Gasteiger partial charge is 0.133 e. The number of hydrogen-bond donors (Lipinski definition) is 1. The van der Waals surface area contributed by atoms with Crippen LogP contribution in [0, 0.1) is 6.92 Å². The van der Waals surface area contributed by atoms with Gasteiger partial charge in [-0.1, -0.05) is 32.0 Å². The number of aryl methyl sites for hydroxylation is 1. The van der Waals surface area contributed by atoms with Crippen LogP contribution in [0.2, 0.25) is 0 Å². The monoisotopic (exact) mass is 323 g/mol. The maximum absolute atomic E-state index is 5.76. The summed E-state index contributed by atoms with van der Waals surface area (Å²) >= 11 is 0. The molecule has 0 spiro atoms. The molecule has 2 aromatic rings. The van der Waals surface area contributed by atoms with Crippen molar-refractivity contribution in [2.24, 2.45) is 10.7 Å². The van der Waals surface area contributed by atoms with Crippen LogP contribution in [-0.2, 0) is 0 Å². The Bertz CT molecular complexity index is 720. The number of hydrogen-bond acceptors (Lipinski definition) is 5. The lowest BCUT2D eigenvalue weighted by Crippen LogP contribution is -2.23. The van der Waals surface area contributed by atoms with Gasteiger partial charge in [0.05, 0.1) is 5.69 Å². The number of likely N-dealkylation sites (N-methyl/N-ethyl adjacent to an activating group) is 1. The van der Waals surface area contributed by atoms with E-state index in [0.29, 0.717) is 12.5 Å². The van der Waals surface area contributed by atoms with Crippen LogP contribution in [0.15, 0.2) is 53.2 Å². The first-order valence-corrected chi connectivity index (χ1v) is 8.06. The molecule has 5 heteroatoms. The Kier molecular flexibility index (Phi) is 6.07. The van der Waals surface area contributed by atoms with Crippen molar-refractivity contribution in [1.82, 2.24) is 9.97 Å². The van der Waals surface area contributed by atoms with Crippen molar-refractivity contribution in [3.05, 3.63) is 59.7 Å². The van der Waals surface area contributed by atoms with Gasteiger partial charge in [0, 0.05) is 49.3 Å². The molecule has 0 fully saturated rings. The van der Waals surface area contributed by atoms with E-state index in [-0.39, 0.29) is 0 Å². The zero-order valence-electron chi connectivity index (χ0n) is 14.8. The van der Waals surface area contributed by atoms with E-state index in [1.807, 2.05) is 50.4 Å². The lowest BCUT2D eigenvalue weighted by molar-refractivity contribution is 0.759. The molecule has 2 N–H and O–H groups in total. The molecule has 0 amide bonds. The molecule has 0 aliphatic carbocycles. The van der Waals surface area contributed by atoms with Gasteiger partial charge in [0.1, 0.15) is 11.6 Å². The first-order chi connectivity index (χ1) is 11.5. The van der Waals surface area contributed by atoms with Gasteiger partial charge in [-0.2, -0.15) is 0 Å². The average molecular weight is 323 g/mol. The van der Waals surface area contributed by atoms with Crippen LogP contribution in [0.4, 0.5) is 11.5 Å². The molecular formula is C19H25N5. The van der Waals surface area contributed by atoms with Crippen LogP contribution in [0.5, 0.6) is 0 Å². The summed E-state index contributed by atoms with van der Waals surface area (Å²) in [7, 11) is 1.99. The van der Waals surface area contributed by atoms with E-state index < -0.39 is 0 Å². The van der Waals surface area contributed by atoms with Crippen LogP contribution in [0.1, 0.15) is 31.3 Å². The second-order valence-electron chi connectivity index (χ2n) is 6.07. The van der Waals surface area contributed by atoms with Crippen molar-refractivity contribution < 1.29 is 0 Å². The molecule has 0 saturated carbocycles. The third-order valence-electron chi connectivity index (χ3n) is 3.53. The Morgan fingerprint density at radius 1 is 1.25 bits per heavy atom. The Morgan fingerprint density at radius 2 is 1.96 bits per heavy atom. The minimum Gasteiger partial charge on any atom is -0.404 e. The molecule has 0 aliphatic heterocycles. The summed E-state index contributed by atoms with van der Waals surface area (Å²) in [5.74, 6) is 2.04. The Labute approximate surface area is 144 Å². The fourth-order valence-electron chi connectivity index (χ4n) is 2.19. The van der Waals surface area contributed by atoms with Gasteiger partial charge < -0.3 is 10.6 Å². The van der Waals surface area contributed by atoms with Crippen molar-refractivity contribution in [2.75, 3.05) is 18.5 Å². The highest BCUT2D eigenvalue weighted by Crippen LogP contribution is 2.17. The van der Waals surface area contributed by atoms with E-state index in [0.717, 1.165) is 28.6 Å². The van der Waals surface area contributed by atoms with E-state index in [4.69, 9.17) is 5.73 Å². The van der Waals surface area contributed by atoms with Crippen molar-refractivity contribution >= 4 is 17.7 Å². The summed E-state index contributed by atoms with van der Waals surface area (Å²) in [5, 5.41) is 0. The number of anilines is 1. The van der Waals surface area contributed by atoms with Crippen LogP contribution in [0.3, 0.4) is 0 Å². The van der Waals surface area contributed by atoms with Gasteiger partial charge in [0.2, 0.25) is 0 Å². The summed E-state index contributed by atoms with van der Waals surface area (Å²) < 4.78 is 0. The third kappa shape index (κ3) is 4.91. The van der Waals surface area contributed by atoms with Gasteiger partial charge in [0.15, 0.2) is 0 Å². The zero-order valence-corrected chi connectivity index (χ0v) is 14.8. The minimum atomic E-state index is 0.293. The van der Waals surface area contributed by atoms with Crippen LogP contribution < -0.4 is 10.6 Å². The Balaban J connectivity index is 2.12. The normalized spacial score (nSPS) is 12.1. The predicted molar refractivity (Wildman–Crippen MR) is 101 cm³/mol. The Hall–Kier alpha value is -2.69. The number of rotatable bonds is 6. The molecule has 0 unspecified atom stereocenters. The number of nitrogens with zero attached hydrogens (tertiary/aromatic N) is 4. The average Bonchev–Trinajstić information content (AvgIpc) is 2.58. The number of para-hydroxylation sites is 1. The van der Waals surface area contributed by atoms with Crippen LogP contribution >= 0.6 is 0 Å². The molecule has 0 radical (unpaired) electrons. The Morgan fingerprint density at radius 3 is 2.58 bits per heavy atom. The minimum absolute atomic E-state index is 0.293. The van der Waals surface area contributed by atoms with Gasteiger partial charge in [-0.25, -0.2) is 9.97 Å². The predicted octanol–water partition coefficient (Wildman–Crippen LogP) is 3.59. The van der Waals surface area contributed by atoms with Crippen LogP contribution in [-0.4, -0.2) is 29.8 Å². The largest absolute Gasteiger partial charge is 0.404 e. The number of nitrogens with two attached hydrogens (primary N) is 1. The van der Waals surface area contributed by atoms with Crippen LogP contribution in [0.25, 0.3) is 0 Å². The summed E-state index contributed by atoms with van der Waals surface area (Å²) in [6.07, 6.45) is 3.38. The molecule has 0 aliphatic rings. The van der Waals surface area contributed by atoms with Gasteiger partial charge in [-0.05, 0) is 19.1 Å². The number of aliphatic imine (C=N–C) groups is 1. The van der Waals surface area contributed by atoms with E-state index in [2.05, 4.69) is 33.7 Å². The molecule has 0 saturated heterocycles. The molecule has 0 atom stereocenters. The lowest BCUT2D eigenvalue weighted by Gasteiger charge is -2.20. The fraction of sp³-hybridized carbons (Fsp3) is 0.316. The molecule has 1 heterocycles. The van der Waals surface area contributed by atoms with E-state index in [1.54, 1.807) is 12.4 Å². The highest BCUT2D eigenvalue weighted by atomic mass is 15.2. The zero-order chi connectivity index (χ0) is 17.5. The first kappa shape index (κ1) is 17.7. The first-order valence-electron chi connectivity index (χ1n) is 8.06. The summed E-state index contributed by atoms with van der Waals surface area (Å²) in [6, 6.07) is 11.8. The topological polar surface area (TPSA) is 67.4 Å². The van der Waals surface area contributed by atoms with Crippen molar-refractivity contribution in [3.63, 3.8) is 0 Å². The summed E-state index contributed by atoms with van der Waals surface area (Å²) in [5.41, 5.74) is 8.55. The van der Waals surface area contributed by atoms with Crippen molar-refractivity contribution in [1.29, 1.82) is 0 Å². The van der Waals surface area contributed by atoms with Gasteiger partial charge in [-0.3, -0.25) is 4.99 Å². The van der Waals surface area contributed by atoms with Gasteiger partial charge in [0.25, 0.3) is 0 Å². The maximum atomic E-state index is 5.76. The molecule has 24 heavy (non-hydrogen) atoms. The van der Waals surface area contributed by atoms with Crippen molar-refractivity contribution in [3.8, 4) is 0 Å².